The first-order valence-electron chi connectivity index (χ1n) is 5.12. The van der Waals surface area contributed by atoms with Crippen LogP contribution >= 0.6 is 27.5 Å². The van der Waals surface area contributed by atoms with Gasteiger partial charge < -0.3 is 15.5 Å². The smallest absolute Gasteiger partial charge is 0.157 e. The molecule has 0 amide bonds. The van der Waals surface area contributed by atoms with Crippen LogP contribution in [0.5, 0.6) is 11.5 Å². The van der Waals surface area contributed by atoms with Gasteiger partial charge in [-0.2, -0.15) is 0 Å². The van der Waals surface area contributed by atoms with E-state index in [9.17, 15) is 10.2 Å². The molecule has 1 heterocycles. The summed E-state index contributed by atoms with van der Waals surface area (Å²) in [4.78, 5) is 3.99. The van der Waals surface area contributed by atoms with E-state index < -0.39 is 0 Å². The Labute approximate surface area is 117 Å². The van der Waals surface area contributed by atoms with Gasteiger partial charge in [0.15, 0.2) is 11.5 Å². The molecule has 0 bridgehead atoms. The molecule has 4 nitrogen and oxygen atoms in total. The van der Waals surface area contributed by atoms with Crippen molar-refractivity contribution in [3.63, 3.8) is 0 Å². The van der Waals surface area contributed by atoms with Crippen LogP contribution in [0.3, 0.4) is 0 Å². The number of hydrogen-bond donors (Lipinski definition) is 3. The first-order chi connectivity index (χ1) is 8.56. The van der Waals surface area contributed by atoms with Gasteiger partial charge in [-0.05, 0) is 39.7 Å². The summed E-state index contributed by atoms with van der Waals surface area (Å²) in [5, 5.41) is 22.1. The van der Waals surface area contributed by atoms with E-state index >= 15 is 0 Å². The van der Waals surface area contributed by atoms with E-state index in [4.69, 9.17) is 11.6 Å². The number of nitrogens with one attached hydrogen (secondary N) is 1. The number of anilines is 1. The number of aromatic hydroxyl groups is 2. The van der Waals surface area contributed by atoms with Crippen LogP contribution in [0.4, 0.5) is 5.69 Å². The number of benzene rings is 1. The minimum Gasteiger partial charge on any atom is -0.504 e. The first-order valence-corrected chi connectivity index (χ1v) is 6.29. The largest absolute Gasteiger partial charge is 0.504 e. The summed E-state index contributed by atoms with van der Waals surface area (Å²) in [6.07, 6.45) is 1.62. The summed E-state index contributed by atoms with van der Waals surface area (Å²) in [5.74, 6) is -0.264. The topological polar surface area (TPSA) is 65.4 Å². The van der Waals surface area contributed by atoms with Gasteiger partial charge in [0, 0.05) is 6.54 Å². The van der Waals surface area contributed by atoms with Crippen LogP contribution in [0.2, 0.25) is 5.15 Å². The maximum atomic E-state index is 9.36. The molecule has 0 aliphatic rings. The number of pyridine rings is 1. The van der Waals surface area contributed by atoms with E-state index in [0.717, 1.165) is 11.3 Å². The number of phenols is 2. The third-order valence-electron chi connectivity index (χ3n) is 2.33. The maximum Gasteiger partial charge on any atom is 0.157 e. The lowest BCUT2D eigenvalue weighted by Gasteiger charge is -2.08. The standard InChI is InChI=1S/C12H10BrClN2O2/c13-9-4-8(6-16-12(9)14)15-5-7-1-2-10(17)11(18)3-7/h1-4,6,15,17-18H,5H2. The van der Waals surface area contributed by atoms with E-state index in [1.807, 2.05) is 6.07 Å². The third-order valence-corrected chi connectivity index (χ3v) is 3.47. The minimum absolute atomic E-state index is 0.130. The average molecular weight is 330 g/mol. The fourth-order valence-corrected chi connectivity index (χ4v) is 1.85. The molecule has 0 saturated carbocycles. The van der Waals surface area contributed by atoms with E-state index in [1.54, 1.807) is 12.3 Å². The third kappa shape index (κ3) is 3.05. The van der Waals surface area contributed by atoms with Gasteiger partial charge in [-0.1, -0.05) is 17.7 Å². The van der Waals surface area contributed by atoms with Crippen LogP contribution in [0.1, 0.15) is 5.56 Å². The van der Waals surface area contributed by atoms with Crippen molar-refractivity contribution < 1.29 is 10.2 Å². The zero-order chi connectivity index (χ0) is 13.1. The molecule has 94 valence electrons. The summed E-state index contributed by atoms with van der Waals surface area (Å²) in [6.45, 7) is 0.504. The van der Waals surface area contributed by atoms with Crippen molar-refractivity contribution >= 4 is 33.2 Å². The zero-order valence-electron chi connectivity index (χ0n) is 9.19. The van der Waals surface area contributed by atoms with Gasteiger partial charge in [-0.3, -0.25) is 0 Å². The van der Waals surface area contributed by atoms with Crippen molar-refractivity contribution in [1.82, 2.24) is 4.98 Å². The molecule has 2 aromatic rings. The second-order valence-corrected chi connectivity index (χ2v) is 4.89. The van der Waals surface area contributed by atoms with Gasteiger partial charge in [0.25, 0.3) is 0 Å². The van der Waals surface area contributed by atoms with Crippen molar-refractivity contribution in [3.05, 3.63) is 45.7 Å². The molecule has 0 saturated heterocycles. The van der Waals surface area contributed by atoms with E-state index in [0.29, 0.717) is 16.2 Å². The van der Waals surface area contributed by atoms with Gasteiger partial charge in [0.1, 0.15) is 5.15 Å². The Kier molecular flexibility index (Phi) is 3.93. The molecule has 6 heteroatoms. The predicted octanol–water partition coefficient (Wildman–Crippen LogP) is 3.52. The lowest BCUT2D eigenvalue weighted by Crippen LogP contribution is -1.99. The molecule has 0 atom stereocenters. The van der Waals surface area contributed by atoms with Crippen LogP contribution in [0, 0.1) is 0 Å². The second-order valence-electron chi connectivity index (χ2n) is 3.67. The highest BCUT2D eigenvalue weighted by Gasteiger charge is 2.02. The molecule has 0 radical (unpaired) electrons. The fourth-order valence-electron chi connectivity index (χ4n) is 1.40. The molecule has 0 unspecified atom stereocenters. The Balaban J connectivity index is 2.06. The van der Waals surface area contributed by atoms with Crippen molar-refractivity contribution in [2.45, 2.75) is 6.54 Å². The molecule has 1 aromatic carbocycles. The van der Waals surface area contributed by atoms with Gasteiger partial charge in [-0.25, -0.2) is 4.98 Å². The molecule has 0 fully saturated rings. The van der Waals surface area contributed by atoms with Crippen LogP contribution in [-0.2, 0) is 6.54 Å². The SMILES string of the molecule is Oc1ccc(CNc2cnc(Cl)c(Br)c2)cc1O. The Morgan fingerprint density at radius 3 is 2.67 bits per heavy atom. The highest BCUT2D eigenvalue weighted by Crippen LogP contribution is 2.26. The van der Waals surface area contributed by atoms with Crippen molar-refractivity contribution in [2.24, 2.45) is 0 Å². The number of nitrogens with zero attached hydrogens (tertiary/aromatic N) is 1. The van der Waals surface area contributed by atoms with Gasteiger partial charge in [0.2, 0.25) is 0 Å². The summed E-state index contributed by atoms with van der Waals surface area (Å²) < 4.78 is 0.711. The molecule has 2 rings (SSSR count). The van der Waals surface area contributed by atoms with E-state index in [2.05, 4.69) is 26.2 Å². The van der Waals surface area contributed by atoms with Gasteiger partial charge in [-0.15, -0.1) is 0 Å². The summed E-state index contributed by atoms with van der Waals surface area (Å²) >= 11 is 9.08. The average Bonchev–Trinajstić information content (AvgIpc) is 2.35. The Morgan fingerprint density at radius 2 is 2.00 bits per heavy atom. The van der Waals surface area contributed by atoms with Crippen LogP contribution in [0.25, 0.3) is 0 Å². The number of rotatable bonds is 3. The first kappa shape index (κ1) is 13.0. The van der Waals surface area contributed by atoms with E-state index in [-0.39, 0.29) is 11.5 Å². The van der Waals surface area contributed by atoms with Crippen molar-refractivity contribution in [2.75, 3.05) is 5.32 Å². The lowest BCUT2D eigenvalue weighted by atomic mass is 10.2. The summed E-state index contributed by atoms with van der Waals surface area (Å²) in [6, 6.07) is 6.49. The Morgan fingerprint density at radius 1 is 1.22 bits per heavy atom. The summed E-state index contributed by atoms with van der Waals surface area (Å²) in [5.41, 5.74) is 1.65. The van der Waals surface area contributed by atoms with Gasteiger partial charge >= 0.3 is 0 Å². The summed E-state index contributed by atoms with van der Waals surface area (Å²) in [7, 11) is 0. The normalized spacial score (nSPS) is 10.3. The minimum atomic E-state index is -0.135. The lowest BCUT2D eigenvalue weighted by molar-refractivity contribution is 0.403. The van der Waals surface area contributed by atoms with E-state index in [1.165, 1.54) is 12.1 Å². The monoisotopic (exact) mass is 328 g/mol. The molecule has 3 N–H and O–H groups in total. The molecule has 0 aliphatic carbocycles. The maximum absolute atomic E-state index is 9.36. The highest BCUT2D eigenvalue weighted by atomic mass is 79.9. The highest BCUT2D eigenvalue weighted by molar-refractivity contribution is 9.10. The number of hydrogen-bond acceptors (Lipinski definition) is 4. The Hall–Kier alpha value is -1.46. The Bertz CT molecular complexity index is 526. The van der Waals surface area contributed by atoms with Gasteiger partial charge in [0.05, 0.1) is 16.4 Å². The molecular formula is C12H10BrClN2O2. The van der Waals surface area contributed by atoms with Crippen LogP contribution < -0.4 is 5.32 Å². The zero-order valence-corrected chi connectivity index (χ0v) is 11.5. The number of phenolic OH excluding ortho intramolecular Hbond substituents is 2. The molecule has 18 heavy (non-hydrogen) atoms. The quantitative estimate of drug-likeness (QED) is 0.595. The molecule has 0 aliphatic heterocycles. The predicted molar refractivity (Wildman–Crippen MR) is 74.0 cm³/mol. The second kappa shape index (κ2) is 5.46. The fraction of sp³-hybridized carbons (Fsp3) is 0.0833. The molecule has 0 spiro atoms. The number of halogens is 2. The van der Waals surface area contributed by atoms with Crippen LogP contribution in [-0.4, -0.2) is 15.2 Å². The van der Waals surface area contributed by atoms with Crippen LogP contribution in [0.15, 0.2) is 34.9 Å². The number of aromatic nitrogens is 1. The molecule has 1 aromatic heterocycles. The van der Waals surface area contributed by atoms with Crippen molar-refractivity contribution in [3.8, 4) is 11.5 Å². The molecular weight excluding hydrogens is 320 g/mol. The van der Waals surface area contributed by atoms with Crippen molar-refractivity contribution in [1.29, 1.82) is 0 Å².